The van der Waals surface area contributed by atoms with Gasteiger partial charge in [-0.3, -0.25) is 0 Å². The minimum absolute atomic E-state index is 0.0330. The smallest absolute Gasteiger partial charge is 0.140 e. The van der Waals surface area contributed by atoms with Gasteiger partial charge in [-0.25, -0.2) is 4.98 Å². The van der Waals surface area contributed by atoms with Crippen LogP contribution in [0.25, 0.3) is 11.1 Å². The van der Waals surface area contributed by atoms with Crippen LogP contribution in [0, 0.1) is 6.92 Å². The van der Waals surface area contributed by atoms with Crippen molar-refractivity contribution in [3.8, 4) is 16.9 Å². The van der Waals surface area contributed by atoms with Gasteiger partial charge in [0, 0.05) is 5.56 Å². The van der Waals surface area contributed by atoms with Crippen molar-refractivity contribution >= 4 is 5.82 Å². The molecular formula is C14H16N2O2. The number of hydrogen-bond acceptors (Lipinski definition) is 4. The summed E-state index contributed by atoms with van der Waals surface area (Å²) in [6, 6.07) is 9.43. The predicted molar refractivity (Wildman–Crippen MR) is 71.3 cm³/mol. The highest BCUT2D eigenvalue weighted by Gasteiger charge is 2.09. The van der Waals surface area contributed by atoms with Crippen molar-refractivity contribution in [2.75, 3.05) is 12.8 Å². The molecule has 0 amide bonds. The molecule has 0 unspecified atom stereocenters. The Labute approximate surface area is 106 Å². The molecular weight excluding hydrogens is 228 g/mol. The van der Waals surface area contributed by atoms with Crippen molar-refractivity contribution in [3.63, 3.8) is 0 Å². The van der Waals surface area contributed by atoms with Crippen LogP contribution in [0.5, 0.6) is 5.75 Å². The third-order valence-electron chi connectivity index (χ3n) is 2.86. The third kappa shape index (κ3) is 2.28. The van der Waals surface area contributed by atoms with Crippen LogP contribution in [0.15, 0.2) is 30.3 Å². The molecule has 0 fully saturated rings. The van der Waals surface area contributed by atoms with E-state index in [0.29, 0.717) is 11.6 Å². The third-order valence-corrected chi connectivity index (χ3v) is 2.86. The van der Waals surface area contributed by atoms with E-state index >= 15 is 0 Å². The van der Waals surface area contributed by atoms with Gasteiger partial charge in [0.2, 0.25) is 0 Å². The van der Waals surface area contributed by atoms with Crippen LogP contribution < -0.4 is 10.5 Å². The monoisotopic (exact) mass is 244 g/mol. The Morgan fingerprint density at radius 1 is 1.28 bits per heavy atom. The number of methoxy groups -OCH3 is 1. The van der Waals surface area contributed by atoms with E-state index in [-0.39, 0.29) is 6.61 Å². The molecule has 0 saturated carbocycles. The first-order chi connectivity index (χ1) is 8.65. The van der Waals surface area contributed by atoms with Crippen molar-refractivity contribution < 1.29 is 9.84 Å². The molecule has 3 N–H and O–H groups in total. The number of aromatic nitrogens is 1. The molecule has 4 nitrogen and oxygen atoms in total. The first-order valence-electron chi connectivity index (χ1n) is 5.67. The summed E-state index contributed by atoms with van der Waals surface area (Å²) in [4.78, 5) is 4.27. The molecule has 0 radical (unpaired) electrons. The number of aliphatic hydroxyl groups is 1. The first kappa shape index (κ1) is 12.4. The minimum Gasteiger partial charge on any atom is -0.495 e. The lowest BCUT2D eigenvalue weighted by Gasteiger charge is -2.10. The minimum atomic E-state index is 0.0330. The predicted octanol–water partition coefficient (Wildman–Crippen LogP) is 2.14. The van der Waals surface area contributed by atoms with Gasteiger partial charge in [-0.15, -0.1) is 0 Å². The van der Waals surface area contributed by atoms with Gasteiger partial charge in [-0.1, -0.05) is 24.3 Å². The fraction of sp³-hybridized carbons (Fsp3) is 0.214. The summed E-state index contributed by atoms with van der Waals surface area (Å²) in [6.45, 7) is 1.89. The molecule has 0 bridgehead atoms. The largest absolute Gasteiger partial charge is 0.495 e. The molecule has 1 aromatic carbocycles. The van der Waals surface area contributed by atoms with Crippen LogP contribution in [-0.4, -0.2) is 17.2 Å². The Hall–Kier alpha value is -2.07. The Balaban J connectivity index is 2.48. The molecule has 0 atom stereocenters. The highest BCUT2D eigenvalue weighted by molar-refractivity contribution is 5.75. The molecule has 2 rings (SSSR count). The molecule has 2 aromatic rings. The first-order valence-corrected chi connectivity index (χ1v) is 5.67. The van der Waals surface area contributed by atoms with Gasteiger partial charge < -0.3 is 15.6 Å². The molecule has 1 heterocycles. The Morgan fingerprint density at radius 3 is 2.50 bits per heavy atom. The Kier molecular flexibility index (Phi) is 3.48. The zero-order valence-electron chi connectivity index (χ0n) is 10.5. The maximum Gasteiger partial charge on any atom is 0.140 e. The van der Waals surface area contributed by atoms with E-state index in [1.165, 1.54) is 0 Å². The van der Waals surface area contributed by atoms with Gasteiger partial charge in [0.05, 0.1) is 19.4 Å². The molecule has 0 aliphatic heterocycles. The maximum absolute atomic E-state index is 9.02. The number of hydrogen-bond donors (Lipinski definition) is 2. The number of aliphatic hydroxyl groups excluding tert-OH is 1. The van der Waals surface area contributed by atoms with Gasteiger partial charge in [0.15, 0.2) is 0 Å². The Bertz CT molecular complexity index is 550. The van der Waals surface area contributed by atoms with Crippen molar-refractivity contribution in [2.45, 2.75) is 13.5 Å². The average Bonchev–Trinajstić information content (AvgIpc) is 2.39. The quantitative estimate of drug-likeness (QED) is 0.868. The lowest BCUT2D eigenvalue weighted by atomic mass is 10.0. The zero-order valence-corrected chi connectivity index (χ0v) is 10.5. The normalized spacial score (nSPS) is 10.4. The number of benzene rings is 1. The van der Waals surface area contributed by atoms with E-state index < -0.39 is 0 Å². The average molecular weight is 244 g/mol. The van der Waals surface area contributed by atoms with E-state index in [1.54, 1.807) is 7.11 Å². The zero-order chi connectivity index (χ0) is 13.1. The molecule has 0 spiro atoms. The standard InChI is InChI=1S/C14H16N2O2/c1-9-13(18-2)7-12(14(15)16-9)11-5-3-10(8-17)4-6-11/h3-7,17H,8H2,1-2H3,(H2,15,16). The van der Waals surface area contributed by atoms with Crippen LogP contribution >= 0.6 is 0 Å². The molecule has 0 saturated heterocycles. The number of pyridine rings is 1. The van der Waals surface area contributed by atoms with Crippen LogP contribution in [0.1, 0.15) is 11.3 Å². The molecule has 4 heteroatoms. The number of rotatable bonds is 3. The number of anilines is 1. The number of nitrogens with zero attached hydrogens (tertiary/aromatic N) is 1. The second-order valence-corrected chi connectivity index (χ2v) is 4.06. The van der Waals surface area contributed by atoms with Gasteiger partial charge in [0.1, 0.15) is 11.6 Å². The van der Waals surface area contributed by atoms with Crippen LogP contribution in [0.4, 0.5) is 5.82 Å². The van der Waals surface area contributed by atoms with E-state index in [4.69, 9.17) is 15.6 Å². The van der Waals surface area contributed by atoms with Crippen LogP contribution in [0.2, 0.25) is 0 Å². The lowest BCUT2D eigenvalue weighted by Crippen LogP contribution is -1.99. The van der Waals surface area contributed by atoms with E-state index in [0.717, 1.165) is 22.4 Å². The lowest BCUT2D eigenvalue weighted by molar-refractivity contribution is 0.282. The number of ether oxygens (including phenoxy) is 1. The van der Waals surface area contributed by atoms with Crippen LogP contribution in [0.3, 0.4) is 0 Å². The second-order valence-electron chi connectivity index (χ2n) is 4.06. The van der Waals surface area contributed by atoms with Crippen molar-refractivity contribution in [3.05, 3.63) is 41.6 Å². The fourth-order valence-electron chi connectivity index (χ4n) is 1.83. The summed E-state index contributed by atoms with van der Waals surface area (Å²) >= 11 is 0. The number of nitrogens with two attached hydrogens (primary N) is 1. The van der Waals surface area contributed by atoms with E-state index in [1.807, 2.05) is 37.3 Å². The summed E-state index contributed by atoms with van der Waals surface area (Å²) in [5, 5.41) is 9.02. The SMILES string of the molecule is COc1cc(-c2ccc(CO)cc2)c(N)nc1C. The number of aryl methyl sites for hydroxylation is 1. The summed E-state index contributed by atoms with van der Waals surface area (Å²) in [6.07, 6.45) is 0. The van der Waals surface area contributed by atoms with Crippen molar-refractivity contribution in [2.24, 2.45) is 0 Å². The number of nitrogen functional groups attached to an aromatic ring is 1. The summed E-state index contributed by atoms with van der Waals surface area (Å²) in [5.41, 5.74) is 9.36. The van der Waals surface area contributed by atoms with Crippen LogP contribution in [-0.2, 0) is 6.61 Å². The van der Waals surface area contributed by atoms with E-state index in [2.05, 4.69) is 4.98 Å². The van der Waals surface area contributed by atoms with Crippen molar-refractivity contribution in [1.82, 2.24) is 4.98 Å². The summed E-state index contributed by atoms with van der Waals surface area (Å²) in [7, 11) is 1.61. The molecule has 18 heavy (non-hydrogen) atoms. The maximum atomic E-state index is 9.02. The molecule has 1 aromatic heterocycles. The van der Waals surface area contributed by atoms with Gasteiger partial charge >= 0.3 is 0 Å². The summed E-state index contributed by atoms with van der Waals surface area (Å²) in [5.74, 6) is 1.19. The van der Waals surface area contributed by atoms with Gasteiger partial charge in [-0.2, -0.15) is 0 Å². The molecule has 0 aliphatic carbocycles. The fourth-order valence-corrected chi connectivity index (χ4v) is 1.83. The summed E-state index contributed by atoms with van der Waals surface area (Å²) < 4.78 is 5.25. The Morgan fingerprint density at radius 2 is 1.94 bits per heavy atom. The highest BCUT2D eigenvalue weighted by atomic mass is 16.5. The topological polar surface area (TPSA) is 68.4 Å². The van der Waals surface area contributed by atoms with E-state index in [9.17, 15) is 0 Å². The molecule has 0 aliphatic rings. The van der Waals surface area contributed by atoms with Gasteiger partial charge in [-0.05, 0) is 24.1 Å². The van der Waals surface area contributed by atoms with Crippen molar-refractivity contribution in [1.29, 1.82) is 0 Å². The van der Waals surface area contributed by atoms with Gasteiger partial charge in [0.25, 0.3) is 0 Å². The molecule has 94 valence electrons. The highest BCUT2D eigenvalue weighted by Crippen LogP contribution is 2.30. The second kappa shape index (κ2) is 5.06.